The minimum absolute atomic E-state index is 0.202. The predicted octanol–water partition coefficient (Wildman–Crippen LogP) is 2.92. The molecular weight excluding hydrogens is 241 g/mol. The number of aryl methyl sites for hydroxylation is 1. The molecule has 0 atom stereocenters. The smallest absolute Gasteiger partial charge is 0.123 e. The van der Waals surface area contributed by atoms with E-state index in [2.05, 4.69) is 21.3 Å². The van der Waals surface area contributed by atoms with Crippen LogP contribution in [0.15, 0.2) is 30.5 Å². The van der Waals surface area contributed by atoms with E-state index in [4.69, 9.17) is 0 Å². The number of benzene rings is 1. The summed E-state index contributed by atoms with van der Waals surface area (Å²) in [6.45, 7) is 4.11. The predicted molar refractivity (Wildman–Crippen MR) is 73.5 cm³/mol. The van der Waals surface area contributed by atoms with Crippen molar-refractivity contribution in [3.05, 3.63) is 42.0 Å². The number of nitrogens with zero attached hydrogens (tertiary/aromatic N) is 2. The van der Waals surface area contributed by atoms with Crippen molar-refractivity contribution < 1.29 is 4.39 Å². The minimum Gasteiger partial charge on any atom is -0.317 e. The number of rotatable bonds is 2. The largest absolute Gasteiger partial charge is 0.317 e. The van der Waals surface area contributed by atoms with Crippen molar-refractivity contribution in [2.24, 2.45) is 0 Å². The van der Waals surface area contributed by atoms with Crippen LogP contribution in [0.25, 0.3) is 11.1 Å². The number of nitrogens with one attached hydrogen (secondary N) is 1. The Morgan fingerprint density at radius 3 is 2.58 bits per heavy atom. The highest BCUT2D eigenvalue weighted by molar-refractivity contribution is 5.64. The summed E-state index contributed by atoms with van der Waals surface area (Å²) in [6, 6.07) is 7.10. The van der Waals surface area contributed by atoms with Gasteiger partial charge in [-0.3, -0.25) is 4.68 Å². The highest BCUT2D eigenvalue weighted by atomic mass is 19.1. The van der Waals surface area contributed by atoms with Gasteiger partial charge in [-0.05, 0) is 50.6 Å². The van der Waals surface area contributed by atoms with E-state index in [0.717, 1.165) is 42.8 Å². The standard InChI is InChI=1S/C15H18FN3/c1-11-15(12-2-4-13(16)5-3-12)10-19(18-11)14-6-8-17-9-7-14/h2-5,10,14,17H,6-9H2,1H3. The minimum atomic E-state index is -0.202. The number of halogens is 1. The zero-order valence-corrected chi connectivity index (χ0v) is 11.1. The Balaban J connectivity index is 1.90. The third-order valence-electron chi connectivity index (χ3n) is 3.75. The van der Waals surface area contributed by atoms with Gasteiger partial charge in [0.1, 0.15) is 5.82 Å². The van der Waals surface area contributed by atoms with Crippen LogP contribution in [-0.4, -0.2) is 22.9 Å². The number of aromatic nitrogens is 2. The topological polar surface area (TPSA) is 29.9 Å². The molecule has 0 radical (unpaired) electrons. The zero-order valence-electron chi connectivity index (χ0n) is 11.1. The van der Waals surface area contributed by atoms with Gasteiger partial charge in [0.15, 0.2) is 0 Å². The van der Waals surface area contributed by atoms with Crippen molar-refractivity contribution in [2.45, 2.75) is 25.8 Å². The number of hydrogen-bond acceptors (Lipinski definition) is 2. The lowest BCUT2D eigenvalue weighted by molar-refractivity contribution is 0.342. The molecule has 0 spiro atoms. The Kier molecular flexibility index (Phi) is 3.34. The van der Waals surface area contributed by atoms with Gasteiger partial charge < -0.3 is 5.32 Å². The van der Waals surface area contributed by atoms with Gasteiger partial charge in [-0.2, -0.15) is 5.10 Å². The van der Waals surface area contributed by atoms with Gasteiger partial charge in [-0.15, -0.1) is 0 Å². The molecule has 0 saturated carbocycles. The van der Waals surface area contributed by atoms with Crippen LogP contribution in [0.1, 0.15) is 24.6 Å². The molecule has 1 aliphatic rings. The molecule has 0 bridgehead atoms. The second-order valence-electron chi connectivity index (χ2n) is 5.10. The van der Waals surface area contributed by atoms with Crippen LogP contribution in [0.3, 0.4) is 0 Å². The zero-order chi connectivity index (χ0) is 13.2. The molecule has 0 amide bonds. The van der Waals surface area contributed by atoms with Crippen molar-refractivity contribution in [3.8, 4) is 11.1 Å². The first-order chi connectivity index (χ1) is 9.24. The van der Waals surface area contributed by atoms with Gasteiger partial charge in [-0.1, -0.05) is 12.1 Å². The lowest BCUT2D eigenvalue weighted by Gasteiger charge is -2.22. The average Bonchev–Trinajstić information content (AvgIpc) is 2.83. The Bertz CT molecular complexity index is 553. The van der Waals surface area contributed by atoms with Gasteiger partial charge in [0.05, 0.1) is 11.7 Å². The normalized spacial score (nSPS) is 16.7. The highest BCUT2D eigenvalue weighted by Crippen LogP contribution is 2.26. The fourth-order valence-electron chi connectivity index (χ4n) is 2.65. The van der Waals surface area contributed by atoms with E-state index in [0.29, 0.717) is 6.04 Å². The average molecular weight is 259 g/mol. The lowest BCUT2D eigenvalue weighted by atomic mass is 10.1. The van der Waals surface area contributed by atoms with Crippen molar-refractivity contribution in [1.82, 2.24) is 15.1 Å². The van der Waals surface area contributed by atoms with Crippen molar-refractivity contribution in [3.63, 3.8) is 0 Å². The summed E-state index contributed by atoms with van der Waals surface area (Å²) in [7, 11) is 0. The van der Waals surface area contributed by atoms with Gasteiger partial charge >= 0.3 is 0 Å². The summed E-state index contributed by atoms with van der Waals surface area (Å²) in [5.41, 5.74) is 3.13. The van der Waals surface area contributed by atoms with Gasteiger partial charge in [-0.25, -0.2) is 4.39 Å². The van der Waals surface area contributed by atoms with E-state index < -0.39 is 0 Å². The van der Waals surface area contributed by atoms with Crippen molar-refractivity contribution >= 4 is 0 Å². The Morgan fingerprint density at radius 2 is 1.89 bits per heavy atom. The molecule has 0 aliphatic carbocycles. The summed E-state index contributed by atoms with van der Waals surface area (Å²) in [6.07, 6.45) is 4.33. The maximum absolute atomic E-state index is 13.0. The molecule has 0 unspecified atom stereocenters. The molecule has 3 nitrogen and oxygen atoms in total. The molecule has 1 N–H and O–H groups in total. The first-order valence-corrected chi connectivity index (χ1v) is 6.76. The lowest BCUT2D eigenvalue weighted by Crippen LogP contribution is -2.29. The molecule has 1 fully saturated rings. The second kappa shape index (κ2) is 5.13. The third kappa shape index (κ3) is 2.54. The van der Waals surface area contributed by atoms with Crippen LogP contribution in [-0.2, 0) is 0 Å². The monoisotopic (exact) mass is 259 g/mol. The molecule has 1 aromatic carbocycles. The van der Waals surface area contributed by atoms with E-state index in [1.54, 1.807) is 0 Å². The maximum Gasteiger partial charge on any atom is 0.123 e. The van der Waals surface area contributed by atoms with Crippen molar-refractivity contribution in [2.75, 3.05) is 13.1 Å². The van der Waals surface area contributed by atoms with Crippen molar-refractivity contribution in [1.29, 1.82) is 0 Å². The van der Waals surface area contributed by atoms with Crippen LogP contribution < -0.4 is 5.32 Å². The molecule has 1 aliphatic heterocycles. The summed E-state index contributed by atoms with van der Waals surface area (Å²) in [5.74, 6) is -0.202. The Morgan fingerprint density at radius 1 is 1.21 bits per heavy atom. The molecule has 3 rings (SSSR count). The van der Waals surface area contributed by atoms with Crippen LogP contribution in [0.5, 0.6) is 0 Å². The molecule has 4 heteroatoms. The molecule has 100 valence electrons. The number of hydrogen-bond donors (Lipinski definition) is 1. The van der Waals surface area contributed by atoms with Gasteiger partial charge in [0.25, 0.3) is 0 Å². The maximum atomic E-state index is 13.0. The molecule has 2 heterocycles. The van der Waals surface area contributed by atoms with E-state index in [1.165, 1.54) is 12.1 Å². The first-order valence-electron chi connectivity index (χ1n) is 6.76. The van der Waals surface area contributed by atoms with Crippen LogP contribution in [0.2, 0.25) is 0 Å². The molecule has 1 saturated heterocycles. The van der Waals surface area contributed by atoms with Crippen LogP contribution in [0, 0.1) is 12.7 Å². The second-order valence-corrected chi connectivity index (χ2v) is 5.10. The Labute approximate surface area is 112 Å². The Hall–Kier alpha value is -1.68. The number of piperidine rings is 1. The van der Waals surface area contributed by atoms with E-state index in [1.807, 2.05) is 19.1 Å². The van der Waals surface area contributed by atoms with E-state index >= 15 is 0 Å². The first kappa shape index (κ1) is 12.4. The van der Waals surface area contributed by atoms with Crippen LogP contribution >= 0.6 is 0 Å². The van der Waals surface area contributed by atoms with E-state index in [9.17, 15) is 4.39 Å². The third-order valence-corrected chi connectivity index (χ3v) is 3.75. The molecular formula is C15H18FN3. The quantitative estimate of drug-likeness (QED) is 0.898. The van der Waals surface area contributed by atoms with Gasteiger partial charge in [0.2, 0.25) is 0 Å². The molecule has 1 aromatic heterocycles. The SMILES string of the molecule is Cc1nn(C2CCNCC2)cc1-c1ccc(F)cc1. The summed E-state index contributed by atoms with van der Waals surface area (Å²) in [4.78, 5) is 0. The van der Waals surface area contributed by atoms with Crippen LogP contribution in [0.4, 0.5) is 4.39 Å². The highest BCUT2D eigenvalue weighted by Gasteiger charge is 2.17. The fourth-order valence-corrected chi connectivity index (χ4v) is 2.65. The molecule has 2 aromatic rings. The molecule has 19 heavy (non-hydrogen) atoms. The summed E-state index contributed by atoms with van der Waals surface area (Å²) >= 11 is 0. The van der Waals surface area contributed by atoms with E-state index in [-0.39, 0.29) is 5.82 Å². The summed E-state index contributed by atoms with van der Waals surface area (Å²) < 4.78 is 15.0. The van der Waals surface area contributed by atoms with Gasteiger partial charge in [0, 0.05) is 11.8 Å². The summed E-state index contributed by atoms with van der Waals surface area (Å²) in [5, 5.41) is 7.99. The fraction of sp³-hybridized carbons (Fsp3) is 0.400.